The summed E-state index contributed by atoms with van der Waals surface area (Å²) in [7, 11) is -1.84. The van der Waals surface area contributed by atoms with E-state index in [9.17, 15) is 8.42 Å². The Kier molecular flexibility index (Phi) is 4.89. The Labute approximate surface area is 138 Å². The van der Waals surface area contributed by atoms with Crippen molar-refractivity contribution in [2.75, 3.05) is 7.11 Å². The van der Waals surface area contributed by atoms with Crippen molar-refractivity contribution in [2.24, 2.45) is 0 Å². The molecule has 1 N–H and O–H groups in total. The molecule has 0 amide bonds. The van der Waals surface area contributed by atoms with Crippen LogP contribution in [0.2, 0.25) is 5.02 Å². The third-order valence-electron chi connectivity index (χ3n) is 2.87. The Hall–Kier alpha value is -2.56. The van der Waals surface area contributed by atoms with Crippen LogP contribution in [0.15, 0.2) is 47.4 Å². The van der Waals surface area contributed by atoms with E-state index in [1.54, 1.807) is 37.4 Å². The van der Waals surface area contributed by atoms with Gasteiger partial charge in [0.05, 0.1) is 7.11 Å². The summed E-state index contributed by atoms with van der Waals surface area (Å²) in [6, 6.07) is 13.0. The number of methoxy groups -OCH3 is 1. The molecule has 0 atom stereocenters. The lowest BCUT2D eigenvalue weighted by Crippen LogP contribution is -2.20. The molecular formula is C15H11ClN2O4S. The normalized spacial score (nSPS) is 13.1. The van der Waals surface area contributed by atoms with E-state index in [-0.39, 0.29) is 10.6 Å². The van der Waals surface area contributed by atoms with E-state index >= 15 is 0 Å². The summed E-state index contributed by atoms with van der Waals surface area (Å²) in [6.45, 7) is 0. The molecule has 6 nitrogen and oxygen atoms in total. The van der Waals surface area contributed by atoms with Crippen LogP contribution in [0.25, 0.3) is 0 Å². The van der Waals surface area contributed by atoms with Gasteiger partial charge in [0, 0.05) is 16.7 Å². The molecule has 0 fully saturated rings. The van der Waals surface area contributed by atoms with Crippen LogP contribution in [-0.2, 0) is 10.1 Å². The average Bonchev–Trinajstić information content (AvgIpc) is 2.54. The standard InChI is InChI=1S/C9H8N2O.C6H3ClO3S/c1-12-8-4-2-7(3-5-8)9(11)6-10;7-4-1-2-6-5(3-4)10-11(6,8)9/h2-5,11H,1H3;1-3H. The monoisotopic (exact) mass is 350 g/mol. The number of nitriles is 1. The van der Waals surface area contributed by atoms with Crippen LogP contribution >= 0.6 is 11.6 Å². The maximum atomic E-state index is 10.8. The first-order valence-electron chi connectivity index (χ1n) is 6.24. The van der Waals surface area contributed by atoms with E-state index in [0.717, 1.165) is 5.75 Å². The van der Waals surface area contributed by atoms with Gasteiger partial charge in [-0.2, -0.15) is 13.7 Å². The fourth-order valence-electron chi connectivity index (χ4n) is 1.70. The molecule has 0 aromatic heterocycles. The van der Waals surface area contributed by atoms with Crippen LogP contribution in [-0.4, -0.2) is 21.2 Å². The minimum absolute atomic E-state index is 0.0300. The van der Waals surface area contributed by atoms with Gasteiger partial charge in [-0.3, -0.25) is 5.41 Å². The quantitative estimate of drug-likeness (QED) is 0.662. The van der Waals surface area contributed by atoms with Crippen LogP contribution in [0.5, 0.6) is 11.5 Å². The molecule has 23 heavy (non-hydrogen) atoms. The third kappa shape index (κ3) is 3.80. The van der Waals surface area contributed by atoms with E-state index in [4.69, 9.17) is 27.0 Å². The number of nitrogens with one attached hydrogen (secondary N) is 1. The Balaban J connectivity index is 0.000000167. The first kappa shape index (κ1) is 16.8. The number of ether oxygens (including phenoxy) is 1. The zero-order valence-corrected chi connectivity index (χ0v) is 13.5. The molecule has 3 rings (SSSR count). The van der Waals surface area contributed by atoms with Crippen LogP contribution in [0.4, 0.5) is 0 Å². The number of nitrogens with zero attached hydrogens (tertiary/aromatic N) is 1. The molecule has 1 aliphatic rings. The van der Waals surface area contributed by atoms with Gasteiger partial charge >= 0.3 is 10.1 Å². The van der Waals surface area contributed by atoms with Crippen molar-refractivity contribution in [3.63, 3.8) is 0 Å². The van der Waals surface area contributed by atoms with Gasteiger partial charge in [0.15, 0.2) is 5.75 Å². The van der Waals surface area contributed by atoms with E-state index in [0.29, 0.717) is 16.3 Å². The second-order valence-corrected chi connectivity index (χ2v) is 6.29. The molecule has 0 bridgehead atoms. The summed E-state index contributed by atoms with van der Waals surface area (Å²) in [4.78, 5) is 0.210. The Bertz CT molecular complexity index is 887. The van der Waals surface area contributed by atoms with Gasteiger partial charge in [-0.1, -0.05) is 11.6 Å². The minimum atomic E-state index is -3.42. The molecule has 0 unspecified atom stereocenters. The largest absolute Gasteiger partial charge is 0.497 e. The highest BCUT2D eigenvalue weighted by molar-refractivity contribution is 7.88. The molecule has 1 aliphatic heterocycles. The van der Waals surface area contributed by atoms with Gasteiger partial charge in [0.1, 0.15) is 22.4 Å². The van der Waals surface area contributed by atoms with E-state index < -0.39 is 10.1 Å². The molecule has 0 aliphatic carbocycles. The maximum Gasteiger partial charge on any atom is 0.343 e. The topological polar surface area (TPSA) is 100 Å². The number of rotatable bonds is 2. The van der Waals surface area contributed by atoms with Crippen LogP contribution in [0.3, 0.4) is 0 Å². The Morgan fingerprint density at radius 2 is 1.91 bits per heavy atom. The highest BCUT2D eigenvalue weighted by atomic mass is 35.5. The summed E-state index contributed by atoms with van der Waals surface area (Å²) in [5, 5.41) is 16.1. The van der Waals surface area contributed by atoms with Crippen LogP contribution in [0, 0.1) is 16.7 Å². The van der Waals surface area contributed by atoms with Crippen molar-refractivity contribution in [1.82, 2.24) is 0 Å². The SMILES string of the molecule is COc1ccc(C(=N)C#N)cc1.O=S1(=O)Oc2cc(Cl)ccc21. The fourth-order valence-corrected chi connectivity index (χ4v) is 2.80. The second kappa shape index (κ2) is 6.69. The third-order valence-corrected chi connectivity index (χ3v) is 4.38. The lowest BCUT2D eigenvalue weighted by Gasteiger charge is -2.18. The van der Waals surface area contributed by atoms with Crippen molar-refractivity contribution in [3.05, 3.63) is 53.1 Å². The zero-order chi connectivity index (χ0) is 17.0. The van der Waals surface area contributed by atoms with E-state index in [1.165, 1.54) is 18.2 Å². The van der Waals surface area contributed by atoms with E-state index in [1.807, 2.05) is 0 Å². The zero-order valence-electron chi connectivity index (χ0n) is 11.9. The van der Waals surface area contributed by atoms with Gasteiger partial charge in [-0.05, 0) is 36.4 Å². The summed E-state index contributed by atoms with van der Waals surface area (Å²) in [6.07, 6.45) is 0. The van der Waals surface area contributed by atoms with Gasteiger partial charge < -0.3 is 8.92 Å². The lowest BCUT2D eigenvalue weighted by molar-refractivity contribution is 0.415. The molecule has 118 valence electrons. The Morgan fingerprint density at radius 1 is 1.26 bits per heavy atom. The number of hydrogen-bond acceptors (Lipinski definition) is 6. The van der Waals surface area contributed by atoms with Crippen LogP contribution in [0.1, 0.15) is 5.56 Å². The smallest absolute Gasteiger partial charge is 0.343 e. The van der Waals surface area contributed by atoms with Gasteiger partial charge in [0.2, 0.25) is 0 Å². The molecule has 2 aromatic rings. The molecule has 0 radical (unpaired) electrons. The maximum absolute atomic E-state index is 10.8. The summed E-state index contributed by atoms with van der Waals surface area (Å²) in [5.41, 5.74) is 0.580. The number of hydrogen-bond donors (Lipinski definition) is 1. The highest BCUT2D eigenvalue weighted by Crippen LogP contribution is 2.37. The first-order valence-corrected chi connectivity index (χ1v) is 8.03. The van der Waals surface area contributed by atoms with Crippen LogP contribution < -0.4 is 8.92 Å². The number of fused-ring (bicyclic) bond motifs is 1. The summed E-state index contributed by atoms with van der Waals surface area (Å²) >= 11 is 5.57. The lowest BCUT2D eigenvalue weighted by atomic mass is 10.1. The molecule has 2 aromatic carbocycles. The summed E-state index contributed by atoms with van der Waals surface area (Å²) < 4.78 is 30.9. The van der Waals surface area contributed by atoms with Gasteiger partial charge in [-0.15, -0.1) is 0 Å². The Morgan fingerprint density at radius 3 is 2.39 bits per heavy atom. The van der Waals surface area contributed by atoms with Crippen molar-refractivity contribution in [3.8, 4) is 17.6 Å². The number of halogens is 1. The second-order valence-electron chi connectivity index (χ2n) is 4.34. The van der Waals surface area contributed by atoms with Crippen molar-refractivity contribution in [2.45, 2.75) is 4.90 Å². The highest BCUT2D eigenvalue weighted by Gasteiger charge is 2.32. The molecule has 0 saturated heterocycles. The molecule has 0 saturated carbocycles. The van der Waals surface area contributed by atoms with Gasteiger partial charge in [-0.25, -0.2) is 0 Å². The first-order chi connectivity index (χ1) is 10.9. The van der Waals surface area contributed by atoms with Crippen molar-refractivity contribution >= 4 is 27.4 Å². The molecule has 8 heteroatoms. The predicted octanol–water partition coefficient (Wildman–Crippen LogP) is 3.01. The molecule has 0 spiro atoms. The number of benzene rings is 2. The van der Waals surface area contributed by atoms with Crippen molar-refractivity contribution < 1.29 is 17.3 Å². The fraction of sp³-hybridized carbons (Fsp3) is 0.0667. The minimum Gasteiger partial charge on any atom is -0.497 e. The summed E-state index contributed by atoms with van der Waals surface area (Å²) in [5.74, 6) is 1.06. The van der Waals surface area contributed by atoms with Gasteiger partial charge in [0.25, 0.3) is 0 Å². The molecule has 1 heterocycles. The van der Waals surface area contributed by atoms with Crippen molar-refractivity contribution in [1.29, 1.82) is 10.7 Å². The molecular weight excluding hydrogens is 340 g/mol. The van der Waals surface area contributed by atoms with E-state index in [2.05, 4.69) is 4.18 Å². The predicted molar refractivity (Wildman–Crippen MR) is 84.7 cm³/mol. The average molecular weight is 351 g/mol.